The molecule has 0 aromatic carbocycles. The van der Waals surface area contributed by atoms with Gasteiger partial charge in [-0.1, -0.05) is 32.1 Å². The normalized spacial score (nSPS) is 27.2. The van der Waals surface area contributed by atoms with Crippen LogP contribution in [0.15, 0.2) is 0 Å². The third kappa shape index (κ3) is 1.95. The molecule has 0 radical (unpaired) electrons. The first kappa shape index (κ1) is 9.23. The molecule has 1 nitrogen and oxygen atoms in total. The van der Waals surface area contributed by atoms with Crippen molar-refractivity contribution in [1.82, 2.24) is 0 Å². The molecule has 74 valence electrons. The fraction of sp³-hybridized carbons (Fsp3) is 0.917. The van der Waals surface area contributed by atoms with Gasteiger partial charge in [0, 0.05) is 5.41 Å². The van der Waals surface area contributed by atoms with E-state index in [9.17, 15) is 4.79 Å². The smallest absolute Gasteiger partial charge is 0.135 e. The molecule has 2 fully saturated rings. The van der Waals surface area contributed by atoms with Crippen LogP contribution in [0.25, 0.3) is 0 Å². The van der Waals surface area contributed by atoms with Crippen molar-refractivity contribution in [2.24, 2.45) is 11.3 Å². The standard InChI is InChI=1S/C12H20O/c1-10(13)12(7-8-12)9-11-5-3-2-4-6-11/h11H,2-9H2,1H3. The average Bonchev–Trinajstić information content (AvgIpc) is 2.87. The zero-order chi connectivity index (χ0) is 9.31. The zero-order valence-electron chi connectivity index (χ0n) is 8.64. The molecule has 0 spiro atoms. The Kier molecular flexibility index (Phi) is 2.44. The molecule has 0 aromatic heterocycles. The van der Waals surface area contributed by atoms with Gasteiger partial charge < -0.3 is 0 Å². The van der Waals surface area contributed by atoms with Crippen LogP contribution in [-0.2, 0) is 4.79 Å². The Labute approximate surface area is 80.9 Å². The van der Waals surface area contributed by atoms with Crippen molar-refractivity contribution < 1.29 is 4.79 Å². The molecule has 2 aliphatic carbocycles. The Morgan fingerprint density at radius 2 is 1.85 bits per heavy atom. The van der Waals surface area contributed by atoms with Crippen molar-refractivity contribution in [3.63, 3.8) is 0 Å². The van der Waals surface area contributed by atoms with Gasteiger partial charge in [0.05, 0.1) is 0 Å². The van der Waals surface area contributed by atoms with Crippen LogP contribution in [0.1, 0.15) is 58.3 Å². The molecule has 2 aliphatic rings. The maximum Gasteiger partial charge on any atom is 0.135 e. The molecule has 0 aromatic rings. The summed E-state index contributed by atoms with van der Waals surface area (Å²) in [6.07, 6.45) is 10.6. The molecule has 2 rings (SSSR count). The fourth-order valence-electron chi connectivity index (χ4n) is 2.79. The molecule has 0 bridgehead atoms. The summed E-state index contributed by atoms with van der Waals surface area (Å²) in [6.45, 7) is 1.79. The van der Waals surface area contributed by atoms with Gasteiger partial charge in [0.2, 0.25) is 0 Å². The maximum atomic E-state index is 11.4. The number of hydrogen-bond acceptors (Lipinski definition) is 1. The molecular weight excluding hydrogens is 160 g/mol. The molecular formula is C12H20O. The average molecular weight is 180 g/mol. The molecule has 0 heterocycles. The third-order valence-corrected chi connectivity index (χ3v) is 4.00. The molecule has 2 saturated carbocycles. The highest BCUT2D eigenvalue weighted by Gasteiger charge is 2.48. The van der Waals surface area contributed by atoms with Crippen LogP contribution < -0.4 is 0 Å². The van der Waals surface area contributed by atoms with Gasteiger partial charge in [0.1, 0.15) is 5.78 Å². The predicted molar refractivity (Wildman–Crippen MR) is 53.5 cm³/mol. The highest BCUT2D eigenvalue weighted by Crippen LogP contribution is 2.53. The minimum atomic E-state index is 0.169. The van der Waals surface area contributed by atoms with Crippen molar-refractivity contribution in [2.45, 2.75) is 58.3 Å². The van der Waals surface area contributed by atoms with Crippen LogP contribution in [0.3, 0.4) is 0 Å². The number of Topliss-reactive ketones (excluding diaryl/α,β-unsaturated/α-hetero) is 1. The van der Waals surface area contributed by atoms with Gasteiger partial charge in [0.25, 0.3) is 0 Å². The first-order valence-electron chi connectivity index (χ1n) is 5.74. The minimum Gasteiger partial charge on any atom is -0.299 e. The lowest BCUT2D eigenvalue weighted by molar-refractivity contribution is -0.122. The summed E-state index contributed by atoms with van der Waals surface area (Å²) >= 11 is 0. The van der Waals surface area contributed by atoms with Gasteiger partial charge >= 0.3 is 0 Å². The summed E-state index contributed by atoms with van der Waals surface area (Å²) in [5.74, 6) is 1.33. The quantitative estimate of drug-likeness (QED) is 0.651. The first-order valence-corrected chi connectivity index (χ1v) is 5.74. The molecule has 0 atom stereocenters. The van der Waals surface area contributed by atoms with E-state index in [1.54, 1.807) is 6.92 Å². The molecule has 0 N–H and O–H groups in total. The SMILES string of the molecule is CC(=O)C1(CC2CCCCC2)CC1. The number of ketones is 1. The van der Waals surface area contributed by atoms with Crippen LogP contribution in [0.5, 0.6) is 0 Å². The van der Waals surface area contributed by atoms with Crippen LogP contribution in [-0.4, -0.2) is 5.78 Å². The third-order valence-electron chi connectivity index (χ3n) is 4.00. The second-order valence-electron chi connectivity index (χ2n) is 5.04. The lowest BCUT2D eigenvalue weighted by Crippen LogP contribution is -2.18. The van der Waals surface area contributed by atoms with Gasteiger partial charge in [-0.05, 0) is 32.1 Å². The molecule has 0 aliphatic heterocycles. The van der Waals surface area contributed by atoms with Crippen molar-refractivity contribution in [2.75, 3.05) is 0 Å². The summed E-state index contributed by atoms with van der Waals surface area (Å²) in [5.41, 5.74) is 0.169. The molecule has 0 unspecified atom stereocenters. The summed E-state index contributed by atoms with van der Waals surface area (Å²) in [6, 6.07) is 0. The van der Waals surface area contributed by atoms with Crippen LogP contribution in [0.2, 0.25) is 0 Å². The first-order chi connectivity index (χ1) is 6.23. The van der Waals surface area contributed by atoms with Gasteiger partial charge in [0.15, 0.2) is 0 Å². The van der Waals surface area contributed by atoms with E-state index in [1.165, 1.54) is 51.4 Å². The predicted octanol–water partition coefficient (Wildman–Crippen LogP) is 3.33. The molecule has 0 saturated heterocycles. The topological polar surface area (TPSA) is 17.1 Å². The van der Waals surface area contributed by atoms with Crippen molar-refractivity contribution in [3.8, 4) is 0 Å². The Morgan fingerprint density at radius 3 is 2.31 bits per heavy atom. The Hall–Kier alpha value is -0.330. The van der Waals surface area contributed by atoms with Crippen molar-refractivity contribution in [1.29, 1.82) is 0 Å². The maximum absolute atomic E-state index is 11.4. The minimum absolute atomic E-state index is 0.169. The van der Waals surface area contributed by atoms with E-state index in [1.807, 2.05) is 0 Å². The summed E-state index contributed by atoms with van der Waals surface area (Å²) in [7, 11) is 0. The van der Waals surface area contributed by atoms with E-state index in [4.69, 9.17) is 0 Å². The highest BCUT2D eigenvalue weighted by molar-refractivity contribution is 5.84. The fourth-order valence-corrected chi connectivity index (χ4v) is 2.79. The molecule has 1 heteroatoms. The van der Waals surface area contributed by atoms with Crippen LogP contribution in [0, 0.1) is 11.3 Å². The Balaban J connectivity index is 1.86. The summed E-state index contributed by atoms with van der Waals surface area (Å²) < 4.78 is 0. The van der Waals surface area contributed by atoms with Crippen LogP contribution in [0.4, 0.5) is 0 Å². The summed E-state index contributed by atoms with van der Waals surface area (Å²) in [4.78, 5) is 11.4. The number of rotatable bonds is 3. The molecule has 13 heavy (non-hydrogen) atoms. The van der Waals surface area contributed by atoms with Crippen molar-refractivity contribution >= 4 is 5.78 Å². The van der Waals surface area contributed by atoms with E-state index in [-0.39, 0.29) is 5.41 Å². The van der Waals surface area contributed by atoms with E-state index in [2.05, 4.69) is 0 Å². The van der Waals surface area contributed by atoms with Crippen molar-refractivity contribution in [3.05, 3.63) is 0 Å². The van der Waals surface area contributed by atoms with Gasteiger partial charge in [-0.25, -0.2) is 0 Å². The lowest BCUT2D eigenvalue weighted by atomic mass is 9.80. The number of carbonyl (C=O) groups excluding carboxylic acids is 1. The number of hydrogen-bond donors (Lipinski definition) is 0. The largest absolute Gasteiger partial charge is 0.299 e. The lowest BCUT2D eigenvalue weighted by Gasteiger charge is -2.25. The highest BCUT2D eigenvalue weighted by atomic mass is 16.1. The second-order valence-corrected chi connectivity index (χ2v) is 5.04. The monoisotopic (exact) mass is 180 g/mol. The number of carbonyl (C=O) groups is 1. The van der Waals surface area contributed by atoms with Crippen LogP contribution >= 0.6 is 0 Å². The van der Waals surface area contributed by atoms with Gasteiger partial charge in [-0.2, -0.15) is 0 Å². The van der Waals surface area contributed by atoms with Gasteiger partial charge in [-0.3, -0.25) is 4.79 Å². The Morgan fingerprint density at radius 1 is 1.23 bits per heavy atom. The molecule has 0 amide bonds. The Bertz CT molecular complexity index is 197. The van der Waals surface area contributed by atoms with E-state index in [0.29, 0.717) is 5.78 Å². The second kappa shape index (κ2) is 3.43. The zero-order valence-corrected chi connectivity index (χ0v) is 8.64. The van der Waals surface area contributed by atoms with E-state index in [0.717, 1.165) is 5.92 Å². The van der Waals surface area contributed by atoms with E-state index < -0.39 is 0 Å². The van der Waals surface area contributed by atoms with E-state index >= 15 is 0 Å². The van der Waals surface area contributed by atoms with Gasteiger partial charge in [-0.15, -0.1) is 0 Å². The summed E-state index contributed by atoms with van der Waals surface area (Å²) in [5, 5.41) is 0.